The van der Waals surface area contributed by atoms with Gasteiger partial charge >= 0.3 is 5.97 Å². The van der Waals surface area contributed by atoms with Gasteiger partial charge in [0.15, 0.2) is 0 Å². The lowest BCUT2D eigenvalue weighted by atomic mass is 10.1. The van der Waals surface area contributed by atoms with Crippen LogP contribution < -0.4 is 5.73 Å². The fourth-order valence-electron chi connectivity index (χ4n) is 1.15. The largest absolute Gasteiger partial charge is 0.480 e. The third-order valence-electron chi connectivity index (χ3n) is 1.93. The van der Waals surface area contributed by atoms with Crippen molar-refractivity contribution < 1.29 is 14.4 Å². The van der Waals surface area contributed by atoms with E-state index in [0.717, 1.165) is 11.5 Å². The number of carboxylic acids is 1. The molecule has 1 atom stereocenters. The minimum absolute atomic E-state index is 0.453. The third kappa shape index (κ3) is 3.18. The molecular weight excluding hydrogens is 184 g/mol. The molecule has 0 unspecified atom stereocenters. The van der Waals surface area contributed by atoms with Gasteiger partial charge in [0.25, 0.3) is 0 Å². The minimum atomic E-state index is -0.959. The summed E-state index contributed by atoms with van der Waals surface area (Å²) < 4.78 is 4.97. The first-order chi connectivity index (χ1) is 6.59. The van der Waals surface area contributed by atoms with Crippen molar-refractivity contribution in [1.82, 2.24) is 5.16 Å². The molecule has 0 amide bonds. The lowest BCUT2D eigenvalue weighted by Gasteiger charge is -2.03. The van der Waals surface area contributed by atoms with Gasteiger partial charge in [-0.2, -0.15) is 0 Å². The van der Waals surface area contributed by atoms with Crippen LogP contribution >= 0.6 is 0 Å². The summed E-state index contributed by atoms with van der Waals surface area (Å²) in [5.74, 6) is -0.182. The number of hydrogen-bond acceptors (Lipinski definition) is 4. The van der Waals surface area contributed by atoms with Gasteiger partial charge < -0.3 is 15.4 Å². The quantitative estimate of drug-likeness (QED) is 0.727. The average Bonchev–Trinajstić information content (AvgIpc) is 2.51. The fraction of sp³-hybridized carbons (Fsp3) is 0.556. The molecule has 0 bridgehead atoms. The highest BCUT2D eigenvalue weighted by molar-refractivity contribution is 5.72. The molecule has 0 aliphatic carbocycles. The van der Waals surface area contributed by atoms with Crippen molar-refractivity contribution in [3.63, 3.8) is 0 Å². The first kappa shape index (κ1) is 10.7. The normalized spacial score (nSPS) is 12.7. The van der Waals surface area contributed by atoms with Crippen LogP contribution in [0.15, 0.2) is 10.6 Å². The Morgan fingerprint density at radius 1 is 1.79 bits per heavy atom. The smallest absolute Gasteiger partial charge is 0.320 e. The molecule has 0 fully saturated rings. The summed E-state index contributed by atoms with van der Waals surface area (Å²) in [6.07, 6.45) is 1.83. The van der Waals surface area contributed by atoms with E-state index in [1.807, 2.05) is 13.0 Å². The number of nitrogens with zero attached hydrogens (tertiary/aromatic N) is 1. The highest BCUT2D eigenvalue weighted by Gasteiger charge is 2.11. The van der Waals surface area contributed by atoms with Crippen molar-refractivity contribution in [1.29, 1.82) is 0 Å². The number of hydrogen-bond donors (Lipinski definition) is 2. The summed E-state index contributed by atoms with van der Waals surface area (Å²) >= 11 is 0. The van der Waals surface area contributed by atoms with Crippen LogP contribution in [0.5, 0.6) is 0 Å². The van der Waals surface area contributed by atoms with Gasteiger partial charge in [0.05, 0.1) is 5.69 Å². The monoisotopic (exact) mass is 198 g/mol. The Morgan fingerprint density at radius 2 is 2.50 bits per heavy atom. The third-order valence-corrected chi connectivity index (χ3v) is 1.93. The molecule has 0 aromatic carbocycles. The van der Waals surface area contributed by atoms with E-state index in [0.29, 0.717) is 19.3 Å². The van der Waals surface area contributed by atoms with Crippen LogP contribution in [0.4, 0.5) is 0 Å². The van der Waals surface area contributed by atoms with Crippen molar-refractivity contribution in [2.75, 3.05) is 0 Å². The van der Waals surface area contributed by atoms with Crippen molar-refractivity contribution >= 4 is 5.97 Å². The van der Waals surface area contributed by atoms with Crippen LogP contribution in [0.25, 0.3) is 0 Å². The van der Waals surface area contributed by atoms with E-state index in [1.54, 1.807) is 0 Å². The molecule has 0 aliphatic rings. The average molecular weight is 198 g/mol. The number of aryl methyl sites for hydroxylation is 2. The second-order valence-electron chi connectivity index (χ2n) is 3.27. The van der Waals surface area contributed by atoms with E-state index in [2.05, 4.69) is 5.16 Å². The van der Waals surface area contributed by atoms with Crippen LogP contribution in [0.2, 0.25) is 0 Å². The van der Waals surface area contributed by atoms with Gasteiger partial charge in [0, 0.05) is 12.5 Å². The lowest BCUT2D eigenvalue weighted by Crippen LogP contribution is -2.29. The second-order valence-corrected chi connectivity index (χ2v) is 3.27. The van der Waals surface area contributed by atoms with Gasteiger partial charge in [0.1, 0.15) is 11.8 Å². The van der Waals surface area contributed by atoms with Crippen LogP contribution in [-0.4, -0.2) is 22.3 Å². The summed E-state index contributed by atoms with van der Waals surface area (Å²) in [4.78, 5) is 10.4. The molecule has 0 saturated carbocycles. The summed E-state index contributed by atoms with van der Waals surface area (Å²) in [6, 6.07) is 1.06. The minimum Gasteiger partial charge on any atom is -0.480 e. The predicted octanol–water partition coefficient (Wildman–Crippen LogP) is 0.718. The molecule has 0 saturated heterocycles. The number of nitrogens with two attached hydrogens (primary N) is 1. The Bertz CT molecular complexity index is 309. The predicted molar refractivity (Wildman–Crippen MR) is 49.8 cm³/mol. The molecule has 78 valence electrons. The molecule has 0 aliphatic heterocycles. The van der Waals surface area contributed by atoms with Crippen LogP contribution in [-0.2, 0) is 11.2 Å². The van der Waals surface area contributed by atoms with E-state index in [4.69, 9.17) is 15.4 Å². The second kappa shape index (κ2) is 4.76. The molecular formula is C9H14N2O3. The zero-order valence-electron chi connectivity index (χ0n) is 8.06. The summed E-state index contributed by atoms with van der Waals surface area (Å²) in [7, 11) is 0. The SMILES string of the molecule is Cc1cc(CCC[C@@H](N)C(=O)O)on1. The molecule has 0 radical (unpaired) electrons. The molecule has 14 heavy (non-hydrogen) atoms. The molecule has 1 rings (SSSR count). The zero-order valence-corrected chi connectivity index (χ0v) is 8.06. The van der Waals surface area contributed by atoms with E-state index in [1.165, 1.54) is 0 Å². The number of rotatable bonds is 5. The standard InChI is InChI=1S/C9H14N2O3/c1-6-5-7(14-11-6)3-2-4-8(10)9(12)13/h5,8H,2-4,10H2,1H3,(H,12,13)/t8-/m1/s1. The lowest BCUT2D eigenvalue weighted by molar-refractivity contribution is -0.138. The maximum Gasteiger partial charge on any atom is 0.320 e. The van der Waals surface area contributed by atoms with Crippen molar-refractivity contribution in [2.24, 2.45) is 5.73 Å². The number of carbonyl (C=O) groups is 1. The Morgan fingerprint density at radius 3 is 3.00 bits per heavy atom. The molecule has 5 heteroatoms. The maximum absolute atomic E-state index is 10.4. The Hall–Kier alpha value is -1.36. The summed E-state index contributed by atoms with van der Waals surface area (Å²) in [5.41, 5.74) is 6.18. The van der Waals surface area contributed by atoms with Crippen molar-refractivity contribution in [2.45, 2.75) is 32.2 Å². The van der Waals surface area contributed by atoms with Crippen LogP contribution in [0, 0.1) is 6.92 Å². The van der Waals surface area contributed by atoms with Crippen molar-refractivity contribution in [3.8, 4) is 0 Å². The van der Waals surface area contributed by atoms with Crippen LogP contribution in [0.3, 0.4) is 0 Å². The van der Waals surface area contributed by atoms with E-state index in [9.17, 15) is 4.79 Å². The van der Waals surface area contributed by atoms with Gasteiger partial charge in [0.2, 0.25) is 0 Å². The first-order valence-corrected chi connectivity index (χ1v) is 4.50. The molecule has 5 nitrogen and oxygen atoms in total. The fourth-order valence-corrected chi connectivity index (χ4v) is 1.15. The Kier molecular flexibility index (Phi) is 3.64. The van der Waals surface area contributed by atoms with Gasteiger partial charge in [-0.25, -0.2) is 0 Å². The van der Waals surface area contributed by atoms with Gasteiger partial charge in [-0.1, -0.05) is 5.16 Å². The Labute approximate surface area is 81.9 Å². The van der Waals surface area contributed by atoms with Gasteiger partial charge in [-0.3, -0.25) is 4.79 Å². The molecule has 1 aromatic heterocycles. The van der Waals surface area contributed by atoms with Crippen molar-refractivity contribution in [3.05, 3.63) is 17.5 Å². The Balaban J connectivity index is 2.25. The van der Waals surface area contributed by atoms with Crippen LogP contribution in [0.1, 0.15) is 24.3 Å². The van der Waals surface area contributed by atoms with Gasteiger partial charge in [-0.15, -0.1) is 0 Å². The number of carboxylic acid groups (broad SMARTS) is 1. The highest BCUT2D eigenvalue weighted by atomic mass is 16.5. The summed E-state index contributed by atoms with van der Waals surface area (Å²) in [5, 5.41) is 12.2. The number of aromatic nitrogens is 1. The molecule has 1 aromatic rings. The molecule has 1 heterocycles. The zero-order chi connectivity index (χ0) is 10.6. The molecule has 3 N–H and O–H groups in total. The number of aliphatic carboxylic acids is 1. The first-order valence-electron chi connectivity index (χ1n) is 4.50. The maximum atomic E-state index is 10.4. The molecule has 0 spiro atoms. The van der Waals surface area contributed by atoms with E-state index < -0.39 is 12.0 Å². The summed E-state index contributed by atoms with van der Waals surface area (Å²) in [6.45, 7) is 1.84. The topological polar surface area (TPSA) is 89.4 Å². The van der Waals surface area contributed by atoms with E-state index >= 15 is 0 Å². The van der Waals surface area contributed by atoms with E-state index in [-0.39, 0.29) is 0 Å². The highest BCUT2D eigenvalue weighted by Crippen LogP contribution is 2.07. The van der Waals surface area contributed by atoms with Gasteiger partial charge in [-0.05, 0) is 19.8 Å².